The zero-order valence-corrected chi connectivity index (χ0v) is 14.6. The topological polar surface area (TPSA) is 58.6 Å². The third kappa shape index (κ3) is 5.72. The van der Waals surface area contributed by atoms with E-state index in [0.29, 0.717) is 31.6 Å². The number of hydrogen-bond acceptors (Lipinski definition) is 3. The zero-order valence-electron chi connectivity index (χ0n) is 14.6. The van der Waals surface area contributed by atoms with E-state index in [1.54, 1.807) is 13.2 Å². The summed E-state index contributed by atoms with van der Waals surface area (Å²) in [6.07, 6.45) is -3.06. The molecule has 1 aromatic rings. The summed E-state index contributed by atoms with van der Waals surface area (Å²) in [7, 11) is 1.58. The van der Waals surface area contributed by atoms with Gasteiger partial charge in [-0.25, -0.2) is 0 Å². The number of nitrogens with zero attached hydrogens (tertiary/aromatic N) is 1. The van der Waals surface area contributed by atoms with Gasteiger partial charge in [0.05, 0.1) is 11.5 Å². The predicted molar refractivity (Wildman–Crippen MR) is 89.1 cm³/mol. The lowest BCUT2D eigenvalue weighted by Gasteiger charge is -2.32. The summed E-state index contributed by atoms with van der Waals surface area (Å²) in [5.74, 6) is -0.630. The first-order valence-corrected chi connectivity index (χ1v) is 8.52. The Hall–Kier alpha value is -2.09. The van der Waals surface area contributed by atoms with Crippen molar-refractivity contribution in [3.05, 3.63) is 35.4 Å². The molecule has 1 aliphatic rings. The Kier molecular flexibility index (Phi) is 7.02. The number of hydrogen-bond donors (Lipinski definition) is 1. The molecule has 0 radical (unpaired) electrons. The molecule has 1 unspecified atom stereocenters. The summed E-state index contributed by atoms with van der Waals surface area (Å²) in [5.41, 5.74) is -0.346. The van der Waals surface area contributed by atoms with Crippen LogP contribution in [0.5, 0.6) is 0 Å². The lowest BCUT2D eigenvalue weighted by atomic mass is 9.96. The fourth-order valence-corrected chi connectivity index (χ4v) is 2.92. The first-order valence-electron chi connectivity index (χ1n) is 8.52. The lowest BCUT2D eigenvalue weighted by Crippen LogP contribution is -2.45. The number of piperidine rings is 1. The Bertz CT molecular complexity index is 634. The maximum atomic E-state index is 12.8. The van der Waals surface area contributed by atoms with E-state index in [9.17, 15) is 22.8 Å². The molecule has 1 saturated heterocycles. The van der Waals surface area contributed by atoms with Gasteiger partial charge in [0.1, 0.15) is 0 Å². The lowest BCUT2D eigenvalue weighted by molar-refractivity contribution is -0.139. The highest BCUT2D eigenvalue weighted by molar-refractivity contribution is 5.83. The Morgan fingerprint density at radius 2 is 2.15 bits per heavy atom. The number of halogens is 3. The molecule has 5 nitrogen and oxygen atoms in total. The van der Waals surface area contributed by atoms with Gasteiger partial charge in [0, 0.05) is 39.8 Å². The fourth-order valence-electron chi connectivity index (χ4n) is 2.92. The molecule has 26 heavy (non-hydrogen) atoms. The van der Waals surface area contributed by atoms with E-state index in [2.05, 4.69) is 5.32 Å². The highest BCUT2D eigenvalue weighted by Crippen LogP contribution is 2.30. The molecule has 2 rings (SSSR count). The zero-order chi connectivity index (χ0) is 19.2. The molecule has 2 amide bonds. The Labute approximate surface area is 150 Å². The number of ether oxygens (including phenoxy) is 1. The second kappa shape index (κ2) is 9.02. The normalized spacial score (nSPS) is 18.1. The van der Waals surface area contributed by atoms with Gasteiger partial charge in [-0.05, 0) is 30.5 Å². The maximum absolute atomic E-state index is 12.8. The summed E-state index contributed by atoms with van der Waals surface area (Å²) in [5, 5.41) is 2.81. The molecule has 1 aromatic carbocycles. The van der Waals surface area contributed by atoms with Crippen LogP contribution in [0.4, 0.5) is 13.2 Å². The third-order valence-electron chi connectivity index (χ3n) is 4.32. The van der Waals surface area contributed by atoms with E-state index in [1.807, 2.05) is 0 Å². The minimum absolute atomic E-state index is 0.0657. The van der Waals surface area contributed by atoms with Crippen molar-refractivity contribution in [1.29, 1.82) is 0 Å². The second-order valence-electron chi connectivity index (χ2n) is 6.35. The van der Waals surface area contributed by atoms with Crippen molar-refractivity contribution in [2.75, 3.05) is 26.8 Å². The monoisotopic (exact) mass is 372 g/mol. The van der Waals surface area contributed by atoms with Gasteiger partial charge in [0.15, 0.2) is 0 Å². The second-order valence-corrected chi connectivity index (χ2v) is 6.35. The number of amides is 2. The molecule has 1 N–H and O–H groups in total. The molecule has 0 bridgehead atoms. The maximum Gasteiger partial charge on any atom is 0.416 e. The quantitative estimate of drug-likeness (QED) is 0.749. The van der Waals surface area contributed by atoms with E-state index < -0.39 is 11.7 Å². The molecule has 1 aliphatic heterocycles. The van der Waals surface area contributed by atoms with Crippen molar-refractivity contribution in [3.8, 4) is 0 Å². The van der Waals surface area contributed by atoms with Crippen LogP contribution in [0.1, 0.15) is 30.4 Å². The highest BCUT2D eigenvalue weighted by atomic mass is 19.4. The van der Waals surface area contributed by atoms with Crippen LogP contribution in [0.15, 0.2) is 24.3 Å². The average molecular weight is 372 g/mol. The van der Waals surface area contributed by atoms with Crippen molar-refractivity contribution >= 4 is 11.8 Å². The molecule has 0 saturated carbocycles. The molecular formula is C18H23F3N2O3. The SMILES string of the molecule is COCCCNC(=O)C1CCC(=O)N(Cc2cccc(C(F)(F)F)c2)C1. The van der Waals surface area contributed by atoms with Crippen molar-refractivity contribution in [2.24, 2.45) is 5.92 Å². The van der Waals surface area contributed by atoms with Gasteiger partial charge in [0.2, 0.25) is 11.8 Å². The number of likely N-dealkylation sites (tertiary alicyclic amines) is 1. The van der Waals surface area contributed by atoms with Gasteiger partial charge in [-0.1, -0.05) is 12.1 Å². The number of carbonyl (C=O) groups is 2. The Balaban J connectivity index is 1.96. The minimum Gasteiger partial charge on any atom is -0.385 e. The fraction of sp³-hybridized carbons (Fsp3) is 0.556. The summed E-state index contributed by atoms with van der Waals surface area (Å²) in [6.45, 7) is 1.32. The summed E-state index contributed by atoms with van der Waals surface area (Å²) >= 11 is 0. The van der Waals surface area contributed by atoms with Gasteiger partial charge in [-0.2, -0.15) is 13.2 Å². The number of nitrogens with one attached hydrogen (secondary N) is 1. The number of methoxy groups -OCH3 is 1. The van der Waals surface area contributed by atoms with E-state index in [-0.39, 0.29) is 37.2 Å². The molecular weight excluding hydrogens is 349 g/mol. The van der Waals surface area contributed by atoms with Crippen molar-refractivity contribution in [3.63, 3.8) is 0 Å². The Morgan fingerprint density at radius 3 is 2.85 bits per heavy atom. The van der Waals surface area contributed by atoms with Crippen LogP contribution in [0.25, 0.3) is 0 Å². The number of benzene rings is 1. The molecule has 0 aliphatic carbocycles. The first-order chi connectivity index (χ1) is 12.3. The molecule has 1 heterocycles. The van der Waals surface area contributed by atoms with E-state index in [0.717, 1.165) is 12.1 Å². The van der Waals surface area contributed by atoms with Crippen LogP contribution in [0.3, 0.4) is 0 Å². The molecule has 1 fully saturated rings. The molecule has 1 atom stereocenters. The third-order valence-corrected chi connectivity index (χ3v) is 4.32. The van der Waals surface area contributed by atoms with Gasteiger partial charge in [-0.3, -0.25) is 9.59 Å². The van der Waals surface area contributed by atoms with E-state index in [4.69, 9.17) is 4.74 Å². The van der Waals surface area contributed by atoms with Crippen molar-refractivity contribution < 1.29 is 27.5 Å². The van der Waals surface area contributed by atoms with Crippen LogP contribution in [0.2, 0.25) is 0 Å². The van der Waals surface area contributed by atoms with Gasteiger partial charge in [0.25, 0.3) is 0 Å². The minimum atomic E-state index is -4.42. The summed E-state index contributed by atoms with van der Waals surface area (Å²) in [6, 6.07) is 4.92. The van der Waals surface area contributed by atoms with Crippen LogP contribution < -0.4 is 5.32 Å². The first kappa shape index (κ1) is 20.2. The molecule has 0 aromatic heterocycles. The van der Waals surface area contributed by atoms with Crippen molar-refractivity contribution in [2.45, 2.75) is 32.0 Å². The smallest absolute Gasteiger partial charge is 0.385 e. The average Bonchev–Trinajstić information content (AvgIpc) is 2.60. The van der Waals surface area contributed by atoms with Crippen LogP contribution in [0, 0.1) is 5.92 Å². The van der Waals surface area contributed by atoms with Gasteiger partial charge >= 0.3 is 6.18 Å². The van der Waals surface area contributed by atoms with Gasteiger partial charge < -0.3 is 15.0 Å². The molecule has 144 valence electrons. The standard InChI is InChI=1S/C18H23F3N2O3/c1-26-9-3-8-22-17(25)14-6-7-16(24)23(12-14)11-13-4-2-5-15(10-13)18(19,20)21/h2,4-5,10,14H,3,6-9,11-12H2,1H3,(H,22,25). The highest BCUT2D eigenvalue weighted by Gasteiger charge is 2.32. The summed E-state index contributed by atoms with van der Waals surface area (Å²) in [4.78, 5) is 25.8. The van der Waals surface area contributed by atoms with E-state index in [1.165, 1.54) is 11.0 Å². The molecule has 0 spiro atoms. The van der Waals surface area contributed by atoms with Crippen molar-refractivity contribution in [1.82, 2.24) is 10.2 Å². The Morgan fingerprint density at radius 1 is 1.38 bits per heavy atom. The van der Waals surface area contributed by atoms with Crippen LogP contribution in [-0.4, -0.2) is 43.5 Å². The number of carbonyl (C=O) groups excluding carboxylic acids is 2. The number of rotatable bonds is 7. The number of alkyl halides is 3. The summed E-state index contributed by atoms with van der Waals surface area (Å²) < 4.78 is 43.4. The van der Waals surface area contributed by atoms with Gasteiger partial charge in [-0.15, -0.1) is 0 Å². The van der Waals surface area contributed by atoms with E-state index >= 15 is 0 Å². The largest absolute Gasteiger partial charge is 0.416 e. The molecule has 8 heteroatoms. The van der Waals surface area contributed by atoms with Crippen LogP contribution in [-0.2, 0) is 27.0 Å². The predicted octanol–water partition coefficient (Wildman–Crippen LogP) is 2.60. The van der Waals surface area contributed by atoms with Crippen LogP contribution >= 0.6 is 0 Å².